The average Bonchev–Trinajstić information content (AvgIpc) is 2.14. The average molecular weight is 182 g/mol. The van der Waals surface area contributed by atoms with Gasteiger partial charge in [-0.2, -0.15) is 0 Å². The van der Waals surface area contributed by atoms with Crippen LogP contribution < -0.4 is 0 Å². The second-order valence-corrected chi connectivity index (χ2v) is 2.70. The van der Waals surface area contributed by atoms with Gasteiger partial charge in [0, 0.05) is 5.57 Å². The van der Waals surface area contributed by atoms with Gasteiger partial charge < -0.3 is 4.74 Å². The Morgan fingerprint density at radius 1 is 1.46 bits per heavy atom. The van der Waals surface area contributed by atoms with Crippen molar-refractivity contribution in [1.29, 1.82) is 0 Å². The van der Waals surface area contributed by atoms with Crippen LogP contribution in [0, 0.1) is 5.92 Å². The third-order valence-electron chi connectivity index (χ3n) is 1.67. The largest absolute Gasteiger partial charge is 0.389 e. The van der Waals surface area contributed by atoms with Crippen molar-refractivity contribution in [1.82, 2.24) is 0 Å². The van der Waals surface area contributed by atoms with Crippen molar-refractivity contribution in [3.8, 4) is 0 Å². The number of ether oxygens (including phenoxy) is 1. The van der Waals surface area contributed by atoms with Gasteiger partial charge in [0.15, 0.2) is 0 Å². The molecule has 13 heavy (non-hydrogen) atoms. The van der Waals surface area contributed by atoms with Crippen LogP contribution in [0.3, 0.4) is 0 Å². The van der Waals surface area contributed by atoms with Gasteiger partial charge in [0.05, 0.1) is 5.92 Å². The lowest BCUT2D eigenvalue weighted by molar-refractivity contribution is -0.158. The van der Waals surface area contributed by atoms with Gasteiger partial charge in [0.2, 0.25) is 0 Å². The van der Waals surface area contributed by atoms with E-state index in [2.05, 4.69) is 11.3 Å². The van der Waals surface area contributed by atoms with Gasteiger partial charge in [0.1, 0.15) is 0 Å². The minimum atomic E-state index is -0.596. The molecule has 0 heterocycles. The Bertz CT molecular complexity index is 251. The second kappa shape index (κ2) is 5.30. The van der Waals surface area contributed by atoms with Crippen molar-refractivity contribution in [2.75, 3.05) is 0 Å². The highest BCUT2D eigenvalue weighted by Crippen LogP contribution is 2.03. The van der Waals surface area contributed by atoms with E-state index in [4.69, 9.17) is 0 Å². The highest BCUT2D eigenvalue weighted by atomic mass is 16.6. The van der Waals surface area contributed by atoms with Crippen molar-refractivity contribution in [3.05, 3.63) is 24.3 Å². The molecule has 3 heteroatoms. The molecule has 0 N–H and O–H groups in total. The first kappa shape index (κ1) is 11.6. The summed E-state index contributed by atoms with van der Waals surface area (Å²) in [6.07, 6.45) is 3.02. The molecule has 0 saturated heterocycles. The number of esters is 2. The van der Waals surface area contributed by atoms with Crippen molar-refractivity contribution in [2.45, 2.75) is 20.8 Å². The van der Waals surface area contributed by atoms with Gasteiger partial charge in [-0.3, -0.25) is 4.79 Å². The van der Waals surface area contributed by atoms with Gasteiger partial charge in [-0.25, -0.2) is 4.79 Å². The molecule has 0 aliphatic heterocycles. The zero-order valence-electron chi connectivity index (χ0n) is 8.16. The van der Waals surface area contributed by atoms with Gasteiger partial charge in [-0.05, 0) is 20.8 Å². The first-order valence-electron chi connectivity index (χ1n) is 4.04. The first-order valence-corrected chi connectivity index (χ1v) is 4.04. The number of carbonyl (C=O) groups is 2. The molecule has 72 valence electrons. The van der Waals surface area contributed by atoms with E-state index in [9.17, 15) is 9.59 Å². The summed E-state index contributed by atoms with van der Waals surface area (Å²) in [4.78, 5) is 22.1. The van der Waals surface area contributed by atoms with Crippen molar-refractivity contribution >= 4 is 11.9 Å². The van der Waals surface area contributed by atoms with E-state index < -0.39 is 17.9 Å². The van der Waals surface area contributed by atoms with E-state index in [1.54, 1.807) is 26.8 Å². The van der Waals surface area contributed by atoms with Crippen molar-refractivity contribution < 1.29 is 14.3 Å². The van der Waals surface area contributed by atoms with Crippen LogP contribution in [0.1, 0.15) is 20.8 Å². The van der Waals surface area contributed by atoms with E-state index in [0.717, 1.165) is 0 Å². The molecule has 0 spiro atoms. The summed E-state index contributed by atoms with van der Waals surface area (Å²) in [6, 6.07) is 0. The lowest BCUT2D eigenvalue weighted by Gasteiger charge is -2.05. The molecular weight excluding hydrogens is 168 g/mol. The van der Waals surface area contributed by atoms with Crippen LogP contribution in [0.2, 0.25) is 0 Å². The van der Waals surface area contributed by atoms with Gasteiger partial charge >= 0.3 is 11.9 Å². The molecule has 3 nitrogen and oxygen atoms in total. The van der Waals surface area contributed by atoms with Crippen LogP contribution >= 0.6 is 0 Å². The summed E-state index contributed by atoms with van der Waals surface area (Å²) < 4.78 is 4.54. The zero-order valence-corrected chi connectivity index (χ0v) is 8.16. The lowest BCUT2D eigenvalue weighted by Crippen LogP contribution is -2.18. The SMILES string of the molecule is C=CC(C)C(=O)OC(=O)C(C)=CC. The van der Waals surface area contributed by atoms with E-state index in [-0.39, 0.29) is 0 Å². The predicted molar refractivity (Wildman–Crippen MR) is 49.9 cm³/mol. The highest BCUT2D eigenvalue weighted by Gasteiger charge is 2.15. The van der Waals surface area contributed by atoms with Crippen LogP contribution in [-0.4, -0.2) is 11.9 Å². The topological polar surface area (TPSA) is 43.4 Å². The standard InChI is InChI=1S/C10H14O3/c1-5-7(3)9(11)13-10(12)8(4)6-2/h5-7H,1H2,2-4H3. The number of carbonyl (C=O) groups excluding carboxylic acids is 2. The van der Waals surface area contributed by atoms with E-state index in [0.29, 0.717) is 5.57 Å². The number of rotatable bonds is 3. The Morgan fingerprint density at radius 2 is 2.00 bits per heavy atom. The third kappa shape index (κ3) is 3.69. The van der Waals surface area contributed by atoms with Gasteiger partial charge in [0.25, 0.3) is 0 Å². The molecule has 1 unspecified atom stereocenters. The summed E-state index contributed by atoms with van der Waals surface area (Å²) in [6.45, 7) is 8.34. The zero-order chi connectivity index (χ0) is 10.4. The molecule has 0 aromatic heterocycles. The Morgan fingerprint density at radius 3 is 2.38 bits per heavy atom. The second-order valence-electron chi connectivity index (χ2n) is 2.70. The Balaban J connectivity index is 4.22. The molecule has 0 aromatic carbocycles. The number of hydrogen-bond acceptors (Lipinski definition) is 3. The molecular formula is C10H14O3. The van der Waals surface area contributed by atoms with Crippen LogP contribution in [0.4, 0.5) is 0 Å². The molecule has 0 rings (SSSR count). The quantitative estimate of drug-likeness (QED) is 0.289. The van der Waals surface area contributed by atoms with Gasteiger partial charge in [-0.1, -0.05) is 12.2 Å². The number of allylic oxidation sites excluding steroid dienone is 1. The van der Waals surface area contributed by atoms with Gasteiger partial charge in [-0.15, -0.1) is 6.58 Å². The molecule has 0 saturated carbocycles. The maximum Gasteiger partial charge on any atom is 0.341 e. The molecule has 0 amide bonds. The fourth-order valence-electron chi connectivity index (χ4n) is 0.479. The fraction of sp³-hybridized carbons (Fsp3) is 0.400. The normalized spacial score (nSPS) is 13.3. The van der Waals surface area contributed by atoms with Crippen LogP contribution in [-0.2, 0) is 14.3 Å². The predicted octanol–water partition coefficient (Wildman–Crippen LogP) is 1.84. The minimum Gasteiger partial charge on any atom is -0.389 e. The minimum absolute atomic E-state index is 0.421. The lowest BCUT2D eigenvalue weighted by atomic mass is 10.2. The molecule has 0 aliphatic carbocycles. The van der Waals surface area contributed by atoms with E-state index >= 15 is 0 Å². The molecule has 0 fully saturated rings. The van der Waals surface area contributed by atoms with Crippen LogP contribution in [0.5, 0.6) is 0 Å². The maximum absolute atomic E-state index is 11.1. The summed E-state index contributed by atoms with van der Waals surface area (Å²) in [5, 5.41) is 0. The van der Waals surface area contributed by atoms with E-state index in [1.807, 2.05) is 0 Å². The smallest absolute Gasteiger partial charge is 0.341 e. The third-order valence-corrected chi connectivity index (χ3v) is 1.67. The highest BCUT2D eigenvalue weighted by molar-refractivity contribution is 5.96. The first-order chi connectivity index (χ1) is 6.02. The Hall–Kier alpha value is -1.38. The van der Waals surface area contributed by atoms with E-state index in [1.165, 1.54) is 6.08 Å². The molecule has 0 aliphatic rings. The Labute approximate surface area is 78.1 Å². The van der Waals surface area contributed by atoms with Crippen LogP contribution in [0.15, 0.2) is 24.3 Å². The summed E-state index contributed by atoms with van der Waals surface area (Å²) in [7, 11) is 0. The summed E-state index contributed by atoms with van der Waals surface area (Å²) >= 11 is 0. The molecule has 0 bridgehead atoms. The van der Waals surface area contributed by atoms with Crippen molar-refractivity contribution in [2.24, 2.45) is 5.92 Å². The Kier molecular flexibility index (Phi) is 4.74. The monoisotopic (exact) mass is 182 g/mol. The molecule has 1 atom stereocenters. The van der Waals surface area contributed by atoms with Crippen LogP contribution in [0.25, 0.3) is 0 Å². The summed E-state index contributed by atoms with van der Waals surface area (Å²) in [5.74, 6) is -1.61. The number of hydrogen-bond donors (Lipinski definition) is 0. The maximum atomic E-state index is 11.1. The molecule has 0 aromatic rings. The summed E-state index contributed by atoms with van der Waals surface area (Å²) in [5.41, 5.74) is 0.421. The molecule has 0 radical (unpaired) electrons. The fourth-order valence-corrected chi connectivity index (χ4v) is 0.479. The van der Waals surface area contributed by atoms with Crippen molar-refractivity contribution in [3.63, 3.8) is 0 Å².